The van der Waals surface area contributed by atoms with E-state index in [9.17, 15) is 9.59 Å². The molecule has 0 aliphatic carbocycles. The predicted molar refractivity (Wildman–Crippen MR) is 124 cm³/mol. The quantitative estimate of drug-likeness (QED) is 0.632. The third-order valence-electron chi connectivity index (χ3n) is 6.38. The molecular formula is C25H28N4O5. The van der Waals surface area contributed by atoms with Crippen molar-refractivity contribution in [2.24, 2.45) is 0 Å². The van der Waals surface area contributed by atoms with E-state index >= 15 is 0 Å². The summed E-state index contributed by atoms with van der Waals surface area (Å²) in [7, 11) is 1.36. The molecule has 0 saturated carbocycles. The predicted octanol–water partition coefficient (Wildman–Crippen LogP) is 2.01. The first-order valence-corrected chi connectivity index (χ1v) is 11.4. The number of carbonyl (C=O) groups is 2. The SMILES string of the molecule is COC(=O)C1=C(CN2CCN(Cc3ccc4c(c3)OCO4)CC2)NC(=O)NC1c1ccccc1. The lowest BCUT2D eigenvalue weighted by Gasteiger charge is -2.37. The van der Waals surface area contributed by atoms with E-state index in [4.69, 9.17) is 14.2 Å². The fraction of sp³-hybridized carbons (Fsp3) is 0.360. The molecule has 1 fully saturated rings. The maximum Gasteiger partial charge on any atom is 0.338 e. The third-order valence-corrected chi connectivity index (χ3v) is 6.38. The highest BCUT2D eigenvalue weighted by atomic mass is 16.7. The highest BCUT2D eigenvalue weighted by Gasteiger charge is 2.34. The summed E-state index contributed by atoms with van der Waals surface area (Å²) < 4.78 is 16.0. The van der Waals surface area contributed by atoms with Gasteiger partial charge in [-0.2, -0.15) is 0 Å². The van der Waals surface area contributed by atoms with E-state index in [1.807, 2.05) is 42.5 Å². The van der Waals surface area contributed by atoms with Crippen molar-refractivity contribution in [2.75, 3.05) is 46.6 Å². The lowest BCUT2D eigenvalue weighted by molar-refractivity contribution is -0.136. The van der Waals surface area contributed by atoms with Gasteiger partial charge in [-0.3, -0.25) is 9.80 Å². The fourth-order valence-corrected chi connectivity index (χ4v) is 4.62. The highest BCUT2D eigenvalue weighted by Crippen LogP contribution is 2.33. The van der Waals surface area contributed by atoms with Crippen molar-refractivity contribution < 1.29 is 23.8 Å². The van der Waals surface area contributed by atoms with Gasteiger partial charge in [-0.1, -0.05) is 36.4 Å². The van der Waals surface area contributed by atoms with Crippen LogP contribution in [0.2, 0.25) is 0 Å². The van der Waals surface area contributed by atoms with Gasteiger partial charge in [0.2, 0.25) is 6.79 Å². The van der Waals surface area contributed by atoms with Crippen molar-refractivity contribution in [1.82, 2.24) is 20.4 Å². The van der Waals surface area contributed by atoms with Gasteiger partial charge in [0, 0.05) is 45.0 Å². The molecule has 34 heavy (non-hydrogen) atoms. The zero-order valence-electron chi connectivity index (χ0n) is 19.1. The second kappa shape index (κ2) is 9.74. The van der Waals surface area contributed by atoms with Crippen LogP contribution in [0.15, 0.2) is 59.8 Å². The van der Waals surface area contributed by atoms with Crippen LogP contribution in [0, 0.1) is 0 Å². The van der Waals surface area contributed by atoms with Crippen LogP contribution in [0.4, 0.5) is 4.79 Å². The topological polar surface area (TPSA) is 92.4 Å². The van der Waals surface area contributed by atoms with E-state index < -0.39 is 12.0 Å². The smallest absolute Gasteiger partial charge is 0.338 e. The summed E-state index contributed by atoms with van der Waals surface area (Å²) in [5.74, 6) is 1.15. The molecule has 9 heteroatoms. The van der Waals surface area contributed by atoms with E-state index in [0.29, 0.717) is 17.8 Å². The number of benzene rings is 2. The number of nitrogens with zero attached hydrogens (tertiary/aromatic N) is 2. The minimum atomic E-state index is -0.551. The van der Waals surface area contributed by atoms with Crippen LogP contribution >= 0.6 is 0 Å². The molecule has 178 valence electrons. The van der Waals surface area contributed by atoms with Crippen molar-refractivity contribution in [3.63, 3.8) is 0 Å². The Hall–Kier alpha value is -3.56. The summed E-state index contributed by atoms with van der Waals surface area (Å²) in [6.07, 6.45) is 0. The minimum Gasteiger partial charge on any atom is -0.466 e. The summed E-state index contributed by atoms with van der Waals surface area (Å²) in [5.41, 5.74) is 3.05. The molecule has 2 N–H and O–H groups in total. The summed E-state index contributed by atoms with van der Waals surface area (Å²) in [5, 5.41) is 5.71. The number of hydrogen-bond acceptors (Lipinski definition) is 7. The van der Waals surface area contributed by atoms with Crippen molar-refractivity contribution in [3.8, 4) is 11.5 Å². The molecule has 0 aromatic heterocycles. The average Bonchev–Trinajstić information content (AvgIpc) is 3.33. The van der Waals surface area contributed by atoms with Crippen molar-refractivity contribution >= 4 is 12.0 Å². The number of piperazine rings is 1. The molecule has 2 amide bonds. The van der Waals surface area contributed by atoms with Crippen molar-refractivity contribution in [3.05, 3.63) is 70.9 Å². The van der Waals surface area contributed by atoms with Gasteiger partial charge in [-0.05, 0) is 23.3 Å². The number of hydrogen-bond donors (Lipinski definition) is 2. The van der Waals surface area contributed by atoms with Crippen LogP contribution in [0.3, 0.4) is 0 Å². The van der Waals surface area contributed by atoms with Gasteiger partial charge in [0.1, 0.15) is 0 Å². The number of methoxy groups -OCH3 is 1. The first-order valence-electron chi connectivity index (χ1n) is 11.4. The minimum absolute atomic E-state index is 0.276. The van der Waals surface area contributed by atoms with Gasteiger partial charge in [-0.25, -0.2) is 9.59 Å². The first-order chi connectivity index (χ1) is 16.6. The number of ether oxygens (including phenoxy) is 3. The Labute approximate surface area is 198 Å². The van der Waals surface area contributed by atoms with E-state index in [0.717, 1.165) is 49.8 Å². The second-order valence-electron chi connectivity index (χ2n) is 8.57. The Kier molecular flexibility index (Phi) is 6.37. The zero-order chi connectivity index (χ0) is 23.5. The van der Waals surface area contributed by atoms with Crippen LogP contribution in [0.1, 0.15) is 17.2 Å². The number of nitrogens with one attached hydrogen (secondary N) is 2. The molecule has 3 heterocycles. The number of amides is 2. The third kappa shape index (κ3) is 4.71. The summed E-state index contributed by atoms with van der Waals surface area (Å²) in [6, 6.07) is 14.7. The number of esters is 1. The van der Waals surface area contributed by atoms with Crippen molar-refractivity contribution in [2.45, 2.75) is 12.6 Å². The number of carbonyl (C=O) groups excluding carboxylic acids is 2. The molecule has 0 bridgehead atoms. The van der Waals surface area contributed by atoms with E-state index in [1.165, 1.54) is 12.7 Å². The maximum absolute atomic E-state index is 12.7. The van der Waals surface area contributed by atoms with Crippen LogP contribution < -0.4 is 20.1 Å². The Morgan fingerprint density at radius 3 is 2.44 bits per heavy atom. The van der Waals surface area contributed by atoms with E-state index in [-0.39, 0.29) is 12.8 Å². The van der Waals surface area contributed by atoms with Crippen molar-refractivity contribution in [1.29, 1.82) is 0 Å². The van der Waals surface area contributed by atoms with Gasteiger partial charge >= 0.3 is 12.0 Å². The molecule has 5 rings (SSSR count). The lowest BCUT2D eigenvalue weighted by atomic mass is 9.95. The molecule has 9 nitrogen and oxygen atoms in total. The van der Waals surface area contributed by atoms with Gasteiger partial charge < -0.3 is 24.8 Å². The molecule has 1 unspecified atom stereocenters. The molecule has 2 aromatic carbocycles. The number of urea groups is 1. The van der Waals surface area contributed by atoms with Gasteiger partial charge in [0.15, 0.2) is 11.5 Å². The van der Waals surface area contributed by atoms with Crippen LogP contribution in [0.5, 0.6) is 11.5 Å². The molecule has 3 aliphatic heterocycles. The summed E-state index contributed by atoms with van der Waals surface area (Å²) in [4.78, 5) is 29.8. The molecular weight excluding hydrogens is 436 g/mol. The Morgan fingerprint density at radius 2 is 1.71 bits per heavy atom. The summed E-state index contributed by atoms with van der Waals surface area (Å²) >= 11 is 0. The second-order valence-corrected chi connectivity index (χ2v) is 8.57. The Balaban J connectivity index is 1.26. The maximum atomic E-state index is 12.7. The van der Waals surface area contributed by atoms with E-state index in [1.54, 1.807) is 0 Å². The molecule has 0 spiro atoms. The molecule has 0 radical (unpaired) electrons. The number of rotatable bonds is 6. The Bertz CT molecular complexity index is 1100. The standard InChI is InChI=1S/C25H28N4O5/c1-32-24(30)22-19(26-25(31)27-23(22)18-5-3-2-4-6-18)15-29-11-9-28(10-12-29)14-17-7-8-20-21(13-17)34-16-33-20/h2-8,13,23H,9-12,14-16H2,1H3,(H2,26,27,31). The largest absolute Gasteiger partial charge is 0.466 e. The highest BCUT2D eigenvalue weighted by molar-refractivity contribution is 5.95. The molecule has 2 aromatic rings. The van der Waals surface area contributed by atoms with E-state index in [2.05, 4.69) is 26.5 Å². The van der Waals surface area contributed by atoms with Gasteiger partial charge in [0.05, 0.1) is 18.7 Å². The molecule has 1 saturated heterocycles. The fourth-order valence-electron chi connectivity index (χ4n) is 4.62. The number of fused-ring (bicyclic) bond motifs is 1. The average molecular weight is 465 g/mol. The normalized spacial score (nSPS) is 20.6. The monoisotopic (exact) mass is 464 g/mol. The molecule has 1 atom stereocenters. The zero-order valence-corrected chi connectivity index (χ0v) is 19.1. The van der Waals surface area contributed by atoms with Crippen LogP contribution in [-0.4, -0.2) is 68.4 Å². The summed E-state index contributed by atoms with van der Waals surface area (Å²) in [6.45, 7) is 4.98. The molecule has 3 aliphatic rings. The lowest BCUT2D eigenvalue weighted by Crippen LogP contribution is -2.51. The first kappa shape index (κ1) is 22.2. The Morgan fingerprint density at radius 1 is 1.00 bits per heavy atom. The van der Waals surface area contributed by atoms with Crippen LogP contribution in [-0.2, 0) is 16.1 Å². The van der Waals surface area contributed by atoms with Gasteiger partial charge in [-0.15, -0.1) is 0 Å². The van der Waals surface area contributed by atoms with Crippen LogP contribution in [0.25, 0.3) is 0 Å². The van der Waals surface area contributed by atoms with Gasteiger partial charge in [0.25, 0.3) is 0 Å².